The Balaban J connectivity index is 1.99. The zero-order valence-electron chi connectivity index (χ0n) is 17.2. The number of nitrogens with one attached hydrogen (secondary N) is 2. The number of halogens is 3. The first-order valence-corrected chi connectivity index (χ1v) is 9.36. The molecule has 0 fully saturated rings. The molecule has 2 rings (SSSR count). The Morgan fingerprint density at radius 2 is 1.73 bits per heavy atom. The van der Waals surface area contributed by atoms with Gasteiger partial charge in [0.25, 0.3) is 0 Å². The van der Waals surface area contributed by atoms with Gasteiger partial charge in [0.2, 0.25) is 0 Å². The van der Waals surface area contributed by atoms with Crippen LogP contribution in [0.5, 0.6) is 17.2 Å². The van der Waals surface area contributed by atoms with Gasteiger partial charge in [-0.1, -0.05) is 24.3 Å². The molecule has 6 nitrogen and oxygen atoms in total. The first-order valence-electron chi connectivity index (χ1n) is 9.36. The average molecular weight is 425 g/mol. The maximum atomic E-state index is 12.2. The van der Waals surface area contributed by atoms with Crippen molar-refractivity contribution in [3.8, 4) is 17.2 Å². The van der Waals surface area contributed by atoms with Crippen LogP contribution in [0.3, 0.4) is 0 Å². The highest BCUT2D eigenvalue weighted by atomic mass is 19.4. The number of nitrogens with zero attached hydrogens (tertiary/aromatic N) is 1. The van der Waals surface area contributed by atoms with Gasteiger partial charge in [-0.15, -0.1) is 0 Å². The molecule has 30 heavy (non-hydrogen) atoms. The van der Waals surface area contributed by atoms with E-state index >= 15 is 0 Å². The van der Waals surface area contributed by atoms with Crippen LogP contribution in [-0.2, 0) is 13.1 Å². The lowest BCUT2D eigenvalue weighted by atomic mass is 10.2. The first-order chi connectivity index (χ1) is 14.4. The van der Waals surface area contributed by atoms with Crippen molar-refractivity contribution in [2.24, 2.45) is 4.99 Å². The minimum Gasteiger partial charge on any atom is -0.493 e. The molecule has 0 atom stereocenters. The first kappa shape index (κ1) is 23.2. The lowest BCUT2D eigenvalue weighted by Gasteiger charge is -2.15. The minimum absolute atomic E-state index is 0.162. The molecule has 0 spiro atoms. The van der Waals surface area contributed by atoms with Crippen LogP contribution in [0.1, 0.15) is 18.1 Å². The Hall–Kier alpha value is -3.10. The van der Waals surface area contributed by atoms with Crippen LogP contribution in [-0.4, -0.2) is 39.5 Å². The van der Waals surface area contributed by atoms with E-state index in [2.05, 4.69) is 15.6 Å². The molecular formula is C21H26F3N3O3. The van der Waals surface area contributed by atoms with Crippen LogP contribution in [0.2, 0.25) is 0 Å². The molecule has 9 heteroatoms. The lowest BCUT2D eigenvalue weighted by Crippen LogP contribution is -2.36. The van der Waals surface area contributed by atoms with Crippen LogP contribution in [0.25, 0.3) is 0 Å². The molecule has 0 aliphatic heterocycles. The third-order valence-corrected chi connectivity index (χ3v) is 4.02. The number of benzene rings is 2. The van der Waals surface area contributed by atoms with E-state index in [0.717, 1.165) is 11.1 Å². The third-order valence-electron chi connectivity index (χ3n) is 4.02. The van der Waals surface area contributed by atoms with Gasteiger partial charge in [-0.3, -0.25) is 0 Å². The molecule has 0 aliphatic rings. The highest BCUT2D eigenvalue weighted by molar-refractivity contribution is 5.79. The fourth-order valence-corrected chi connectivity index (χ4v) is 2.64. The highest BCUT2D eigenvalue weighted by Gasteiger charge is 2.28. The quantitative estimate of drug-likeness (QED) is 0.471. The van der Waals surface area contributed by atoms with E-state index in [1.165, 1.54) is 12.1 Å². The van der Waals surface area contributed by atoms with Crippen molar-refractivity contribution in [2.75, 3.05) is 27.4 Å². The second kappa shape index (κ2) is 11.2. The Labute approximate surface area is 174 Å². The molecule has 2 aromatic rings. The summed E-state index contributed by atoms with van der Waals surface area (Å²) in [4.78, 5) is 4.51. The predicted molar refractivity (Wildman–Crippen MR) is 109 cm³/mol. The second-order valence-corrected chi connectivity index (χ2v) is 6.25. The van der Waals surface area contributed by atoms with E-state index < -0.39 is 12.8 Å². The average Bonchev–Trinajstić information content (AvgIpc) is 2.74. The van der Waals surface area contributed by atoms with Crippen LogP contribution in [0.15, 0.2) is 47.5 Å². The van der Waals surface area contributed by atoms with Gasteiger partial charge in [0.1, 0.15) is 5.75 Å². The van der Waals surface area contributed by atoms with E-state index in [4.69, 9.17) is 14.2 Å². The number of methoxy groups -OCH3 is 2. The Bertz CT molecular complexity index is 824. The van der Waals surface area contributed by atoms with E-state index in [1.807, 2.05) is 25.1 Å². The number of para-hydroxylation sites is 1. The summed E-state index contributed by atoms with van der Waals surface area (Å²) in [7, 11) is 3.17. The Morgan fingerprint density at radius 1 is 1.00 bits per heavy atom. The summed E-state index contributed by atoms with van der Waals surface area (Å²) in [6, 6.07) is 12.0. The van der Waals surface area contributed by atoms with Crippen LogP contribution >= 0.6 is 0 Å². The van der Waals surface area contributed by atoms with E-state index in [-0.39, 0.29) is 5.75 Å². The molecule has 0 saturated heterocycles. The molecule has 164 valence electrons. The summed E-state index contributed by atoms with van der Waals surface area (Å²) in [5, 5.41) is 6.39. The molecule has 2 N–H and O–H groups in total. The highest BCUT2D eigenvalue weighted by Crippen LogP contribution is 2.30. The van der Waals surface area contributed by atoms with Gasteiger partial charge in [0.15, 0.2) is 24.1 Å². The SMILES string of the molecule is CCNC(=NCc1ccc(OCC(F)(F)F)cc1)NCc1cccc(OC)c1OC. The molecule has 0 saturated carbocycles. The number of hydrogen-bond donors (Lipinski definition) is 2. The van der Waals surface area contributed by atoms with E-state index in [1.54, 1.807) is 26.4 Å². The predicted octanol–water partition coefficient (Wildman–Crippen LogP) is 3.90. The number of aliphatic imine (C=N–C) groups is 1. The maximum absolute atomic E-state index is 12.2. The van der Waals surface area contributed by atoms with Gasteiger partial charge in [-0.05, 0) is 30.7 Å². The topological polar surface area (TPSA) is 64.1 Å². The summed E-state index contributed by atoms with van der Waals surface area (Å²) in [6.45, 7) is 2.13. The summed E-state index contributed by atoms with van der Waals surface area (Å²) in [6.07, 6.45) is -4.36. The Kier molecular flexibility index (Phi) is 8.64. The van der Waals surface area contributed by atoms with Crippen molar-refractivity contribution in [1.29, 1.82) is 0 Å². The summed E-state index contributed by atoms with van der Waals surface area (Å²) in [5.74, 6) is 2.05. The Morgan fingerprint density at radius 3 is 2.33 bits per heavy atom. The number of guanidine groups is 1. The van der Waals surface area contributed by atoms with E-state index in [9.17, 15) is 13.2 Å². The van der Waals surface area contributed by atoms with E-state index in [0.29, 0.717) is 37.1 Å². The van der Waals surface area contributed by atoms with Gasteiger partial charge < -0.3 is 24.8 Å². The monoisotopic (exact) mass is 425 g/mol. The number of ether oxygens (including phenoxy) is 3. The van der Waals surface area contributed by atoms with Crippen LogP contribution in [0, 0.1) is 0 Å². The van der Waals surface area contributed by atoms with Crippen molar-refractivity contribution in [1.82, 2.24) is 10.6 Å². The van der Waals surface area contributed by atoms with Gasteiger partial charge in [0.05, 0.1) is 20.8 Å². The van der Waals surface area contributed by atoms with Crippen molar-refractivity contribution in [2.45, 2.75) is 26.2 Å². The molecule has 0 amide bonds. The molecule has 0 bridgehead atoms. The number of hydrogen-bond acceptors (Lipinski definition) is 4. The molecule has 0 heterocycles. The van der Waals surface area contributed by atoms with Gasteiger partial charge in [-0.25, -0.2) is 4.99 Å². The molecule has 0 radical (unpaired) electrons. The van der Waals surface area contributed by atoms with Gasteiger partial charge in [-0.2, -0.15) is 13.2 Å². The van der Waals surface area contributed by atoms with Crippen molar-refractivity contribution in [3.63, 3.8) is 0 Å². The van der Waals surface area contributed by atoms with Gasteiger partial charge >= 0.3 is 6.18 Å². The number of rotatable bonds is 9. The van der Waals surface area contributed by atoms with Crippen LogP contribution in [0.4, 0.5) is 13.2 Å². The van der Waals surface area contributed by atoms with Crippen molar-refractivity contribution in [3.05, 3.63) is 53.6 Å². The molecule has 0 unspecified atom stereocenters. The molecular weight excluding hydrogens is 399 g/mol. The van der Waals surface area contributed by atoms with Crippen molar-refractivity contribution >= 4 is 5.96 Å². The second-order valence-electron chi connectivity index (χ2n) is 6.25. The normalized spacial score (nSPS) is 11.7. The van der Waals surface area contributed by atoms with Gasteiger partial charge in [0, 0.05) is 18.7 Å². The summed E-state index contributed by atoms with van der Waals surface area (Å²) in [5.41, 5.74) is 1.75. The standard InChI is InChI=1S/C21H26F3N3O3/c1-4-25-20(27-13-16-6-5-7-18(28-2)19(16)29-3)26-12-15-8-10-17(11-9-15)30-14-21(22,23)24/h5-11H,4,12-14H2,1-3H3,(H2,25,26,27). The molecule has 2 aromatic carbocycles. The van der Waals surface area contributed by atoms with Crippen molar-refractivity contribution < 1.29 is 27.4 Å². The van der Waals surface area contributed by atoms with Crippen LogP contribution < -0.4 is 24.8 Å². The molecule has 0 aromatic heterocycles. The summed E-state index contributed by atoms with van der Waals surface area (Å²) >= 11 is 0. The number of alkyl halides is 3. The third kappa shape index (κ3) is 7.38. The largest absolute Gasteiger partial charge is 0.493 e. The smallest absolute Gasteiger partial charge is 0.422 e. The zero-order chi connectivity index (χ0) is 22.0. The zero-order valence-corrected chi connectivity index (χ0v) is 17.2. The maximum Gasteiger partial charge on any atom is 0.422 e. The summed E-state index contributed by atoms with van der Waals surface area (Å²) < 4.78 is 52.1. The fourth-order valence-electron chi connectivity index (χ4n) is 2.64. The fraction of sp³-hybridized carbons (Fsp3) is 0.381. The minimum atomic E-state index is -4.36. The lowest BCUT2D eigenvalue weighted by molar-refractivity contribution is -0.153. The molecule has 0 aliphatic carbocycles.